The maximum atomic E-state index is 11.6. The zero-order valence-electron chi connectivity index (χ0n) is 12.9. The van der Waals surface area contributed by atoms with Crippen LogP contribution in [-0.4, -0.2) is 24.2 Å². The molecule has 0 atom stereocenters. The lowest BCUT2D eigenvalue weighted by atomic mass is 9.97. The van der Waals surface area contributed by atoms with Gasteiger partial charge in [0.15, 0.2) is 0 Å². The molecule has 21 heavy (non-hydrogen) atoms. The Morgan fingerprint density at radius 1 is 1.38 bits per heavy atom. The molecule has 0 fully saturated rings. The summed E-state index contributed by atoms with van der Waals surface area (Å²) < 4.78 is 10.2. The lowest BCUT2D eigenvalue weighted by molar-refractivity contribution is 0.0520. The number of ether oxygens (including phenoxy) is 2. The Morgan fingerprint density at radius 2 is 2.10 bits per heavy atom. The third-order valence-corrected chi connectivity index (χ3v) is 3.34. The molecule has 1 heterocycles. The Morgan fingerprint density at radius 3 is 2.76 bits per heavy atom. The first-order valence-electron chi connectivity index (χ1n) is 7.03. The first-order valence-corrected chi connectivity index (χ1v) is 7.03. The average Bonchev–Trinajstić information content (AvgIpc) is 2.72. The summed E-state index contributed by atoms with van der Waals surface area (Å²) in [6, 6.07) is 3.71. The van der Waals surface area contributed by atoms with E-state index in [4.69, 9.17) is 9.47 Å². The van der Waals surface area contributed by atoms with Crippen LogP contribution in [0.4, 0.5) is 4.79 Å². The van der Waals surface area contributed by atoms with Crippen molar-refractivity contribution < 1.29 is 19.1 Å². The summed E-state index contributed by atoms with van der Waals surface area (Å²) in [6.45, 7) is 8.29. The standard InChI is InChI=1S/C16H21NO4/c1-10-11(5-6-12-13(10)9-20-14(12)18)7-8-17-15(19)21-16(2,3)4/h5-6H,7-9H2,1-4H3,(H,17,19). The van der Waals surface area contributed by atoms with Crippen LogP contribution >= 0.6 is 0 Å². The second-order valence-electron chi connectivity index (χ2n) is 6.13. The Bertz CT molecular complexity index is 572. The highest BCUT2D eigenvalue weighted by atomic mass is 16.6. The predicted molar refractivity (Wildman–Crippen MR) is 78.2 cm³/mol. The quantitative estimate of drug-likeness (QED) is 0.870. The van der Waals surface area contributed by atoms with Gasteiger partial charge >= 0.3 is 12.1 Å². The summed E-state index contributed by atoms with van der Waals surface area (Å²) in [5, 5.41) is 2.73. The number of hydrogen-bond acceptors (Lipinski definition) is 4. The van der Waals surface area contributed by atoms with Gasteiger partial charge in [-0.05, 0) is 51.3 Å². The number of nitrogens with one attached hydrogen (secondary N) is 1. The molecular formula is C16H21NO4. The lowest BCUT2D eigenvalue weighted by Gasteiger charge is -2.19. The van der Waals surface area contributed by atoms with Crippen LogP contribution in [0, 0.1) is 6.92 Å². The molecule has 5 nitrogen and oxygen atoms in total. The van der Waals surface area contributed by atoms with Crippen LogP contribution in [0.1, 0.15) is 47.8 Å². The lowest BCUT2D eigenvalue weighted by Crippen LogP contribution is -2.33. The molecule has 0 radical (unpaired) electrons. The van der Waals surface area contributed by atoms with E-state index in [1.54, 1.807) is 6.07 Å². The molecule has 1 amide bonds. The van der Waals surface area contributed by atoms with Crippen LogP contribution in [-0.2, 0) is 22.5 Å². The van der Waals surface area contributed by atoms with Crippen molar-refractivity contribution in [3.8, 4) is 0 Å². The number of cyclic esters (lactones) is 1. The van der Waals surface area contributed by atoms with Gasteiger partial charge in [-0.15, -0.1) is 0 Å². The Kier molecular flexibility index (Phi) is 4.21. The van der Waals surface area contributed by atoms with Crippen LogP contribution in [0.25, 0.3) is 0 Å². The van der Waals surface area contributed by atoms with Crippen LogP contribution in [0.3, 0.4) is 0 Å². The van der Waals surface area contributed by atoms with Crippen molar-refractivity contribution in [1.29, 1.82) is 0 Å². The molecule has 0 aromatic heterocycles. The molecule has 1 aromatic carbocycles. The Balaban J connectivity index is 1.93. The molecule has 1 aliphatic rings. The maximum absolute atomic E-state index is 11.6. The molecule has 0 saturated carbocycles. The van der Waals surface area contributed by atoms with Gasteiger partial charge in [-0.25, -0.2) is 9.59 Å². The highest BCUT2D eigenvalue weighted by Crippen LogP contribution is 2.25. The van der Waals surface area contributed by atoms with E-state index in [1.165, 1.54) is 0 Å². The van der Waals surface area contributed by atoms with E-state index < -0.39 is 11.7 Å². The highest BCUT2D eigenvalue weighted by Gasteiger charge is 2.23. The predicted octanol–water partition coefficient (Wildman–Crippen LogP) is 2.73. The van der Waals surface area contributed by atoms with Gasteiger partial charge < -0.3 is 14.8 Å². The van der Waals surface area contributed by atoms with E-state index in [0.717, 1.165) is 16.7 Å². The average molecular weight is 291 g/mol. The highest BCUT2D eigenvalue weighted by molar-refractivity contribution is 5.93. The fourth-order valence-electron chi connectivity index (χ4n) is 2.28. The van der Waals surface area contributed by atoms with E-state index in [1.807, 2.05) is 33.8 Å². The van der Waals surface area contributed by atoms with E-state index in [2.05, 4.69) is 5.32 Å². The number of carbonyl (C=O) groups excluding carboxylic acids is 2. The zero-order chi connectivity index (χ0) is 15.6. The second-order valence-corrected chi connectivity index (χ2v) is 6.13. The van der Waals surface area contributed by atoms with Crippen molar-refractivity contribution in [2.75, 3.05) is 6.54 Å². The molecule has 0 aliphatic carbocycles. The molecule has 1 aliphatic heterocycles. The van der Waals surface area contributed by atoms with E-state index in [9.17, 15) is 9.59 Å². The van der Waals surface area contributed by atoms with Crippen molar-refractivity contribution >= 4 is 12.1 Å². The maximum Gasteiger partial charge on any atom is 0.407 e. The summed E-state index contributed by atoms with van der Waals surface area (Å²) in [7, 11) is 0. The number of esters is 1. The molecule has 1 N–H and O–H groups in total. The molecule has 0 spiro atoms. The summed E-state index contributed by atoms with van der Waals surface area (Å²) >= 11 is 0. The van der Waals surface area contributed by atoms with Gasteiger partial charge in [0, 0.05) is 12.1 Å². The first-order chi connectivity index (χ1) is 9.78. The minimum atomic E-state index is -0.495. The van der Waals surface area contributed by atoms with Crippen molar-refractivity contribution in [2.24, 2.45) is 0 Å². The van der Waals surface area contributed by atoms with Gasteiger partial charge in [0.1, 0.15) is 12.2 Å². The second kappa shape index (κ2) is 5.76. The molecule has 0 saturated heterocycles. The van der Waals surface area contributed by atoms with E-state index >= 15 is 0 Å². The fraction of sp³-hybridized carbons (Fsp3) is 0.500. The Labute approximate surface area is 124 Å². The van der Waals surface area contributed by atoms with E-state index in [0.29, 0.717) is 25.1 Å². The number of benzene rings is 1. The number of rotatable bonds is 3. The number of carbonyl (C=O) groups is 2. The van der Waals surface area contributed by atoms with Crippen LogP contribution in [0.2, 0.25) is 0 Å². The topological polar surface area (TPSA) is 64.6 Å². The van der Waals surface area contributed by atoms with Gasteiger partial charge in [-0.1, -0.05) is 6.07 Å². The number of alkyl carbamates (subject to hydrolysis) is 1. The molecule has 1 aromatic rings. The monoisotopic (exact) mass is 291 g/mol. The fourth-order valence-corrected chi connectivity index (χ4v) is 2.28. The summed E-state index contributed by atoms with van der Waals surface area (Å²) in [5.74, 6) is -0.258. The third-order valence-electron chi connectivity index (χ3n) is 3.34. The van der Waals surface area contributed by atoms with Crippen molar-refractivity contribution in [2.45, 2.75) is 46.3 Å². The molecule has 114 valence electrons. The molecule has 2 rings (SSSR count). The summed E-state index contributed by atoms with van der Waals surface area (Å²) in [5.41, 5.74) is 3.27. The molecule has 0 unspecified atom stereocenters. The van der Waals surface area contributed by atoms with Gasteiger partial charge in [-0.2, -0.15) is 0 Å². The summed E-state index contributed by atoms with van der Waals surface area (Å²) in [4.78, 5) is 23.0. The normalized spacial score (nSPS) is 13.6. The van der Waals surface area contributed by atoms with Gasteiger partial charge in [0.05, 0.1) is 5.56 Å². The molecule has 0 bridgehead atoms. The first kappa shape index (κ1) is 15.4. The van der Waals surface area contributed by atoms with Gasteiger partial charge in [0.25, 0.3) is 0 Å². The van der Waals surface area contributed by atoms with Crippen molar-refractivity contribution in [1.82, 2.24) is 5.32 Å². The smallest absolute Gasteiger partial charge is 0.407 e. The van der Waals surface area contributed by atoms with Crippen LogP contribution in [0.5, 0.6) is 0 Å². The number of hydrogen-bond donors (Lipinski definition) is 1. The van der Waals surface area contributed by atoms with Crippen LogP contribution in [0.15, 0.2) is 12.1 Å². The Hall–Kier alpha value is -2.04. The third kappa shape index (κ3) is 3.74. The minimum absolute atomic E-state index is 0.258. The van der Waals surface area contributed by atoms with Crippen LogP contribution < -0.4 is 5.32 Å². The van der Waals surface area contributed by atoms with Gasteiger partial charge in [0.2, 0.25) is 0 Å². The number of amides is 1. The SMILES string of the molecule is Cc1c(CCNC(=O)OC(C)(C)C)ccc2c1COC2=O. The van der Waals surface area contributed by atoms with Crippen molar-refractivity contribution in [3.05, 3.63) is 34.4 Å². The largest absolute Gasteiger partial charge is 0.457 e. The van der Waals surface area contributed by atoms with Crippen molar-refractivity contribution in [3.63, 3.8) is 0 Å². The zero-order valence-corrected chi connectivity index (χ0v) is 12.9. The van der Waals surface area contributed by atoms with Gasteiger partial charge in [-0.3, -0.25) is 0 Å². The number of fused-ring (bicyclic) bond motifs is 1. The van der Waals surface area contributed by atoms with E-state index in [-0.39, 0.29) is 5.97 Å². The molecule has 5 heteroatoms. The summed E-state index contributed by atoms with van der Waals surface area (Å²) in [6.07, 6.45) is 0.270. The minimum Gasteiger partial charge on any atom is -0.457 e. The molecular weight excluding hydrogens is 270 g/mol.